The number of hydrogen-bond acceptors (Lipinski definition) is 6. The smallest absolute Gasteiger partial charge is 0.264 e. The summed E-state index contributed by atoms with van der Waals surface area (Å²) in [4.78, 5) is 29.5. The van der Waals surface area contributed by atoms with Crippen molar-refractivity contribution in [3.05, 3.63) is 120 Å². The Bertz CT molecular complexity index is 1740. The number of benzene rings is 4. The van der Waals surface area contributed by atoms with Gasteiger partial charge in [-0.25, -0.2) is 12.8 Å². The van der Waals surface area contributed by atoms with Crippen LogP contribution in [0.2, 0.25) is 0 Å². The lowest BCUT2D eigenvalue weighted by atomic mass is 10.0. The topological polar surface area (TPSA) is 105 Å². The molecule has 0 spiro atoms. The van der Waals surface area contributed by atoms with Gasteiger partial charge in [0.2, 0.25) is 11.8 Å². The number of nitrogens with one attached hydrogen (secondary N) is 1. The second-order valence-corrected chi connectivity index (χ2v) is 12.7. The van der Waals surface area contributed by atoms with E-state index in [0.29, 0.717) is 5.75 Å². The summed E-state index contributed by atoms with van der Waals surface area (Å²) in [5.41, 5.74) is 0.986. The minimum Gasteiger partial charge on any atom is -0.497 e. The van der Waals surface area contributed by atoms with Gasteiger partial charge in [-0.05, 0) is 49.7 Å². The lowest BCUT2D eigenvalue weighted by Crippen LogP contribution is -2.54. The van der Waals surface area contributed by atoms with Crippen molar-refractivity contribution in [3.8, 4) is 11.5 Å². The Morgan fingerprint density at radius 1 is 0.848 bits per heavy atom. The third-order valence-corrected chi connectivity index (χ3v) is 9.04. The molecule has 11 heteroatoms. The molecule has 4 aromatic rings. The lowest BCUT2D eigenvalue weighted by Gasteiger charge is -2.34. The second-order valence-electron chi connectivity index (χ2n) is 10.8. The molecular weight excluding hydrogens is 609 g/mol. The summed E-state index contributed by atoms with van der Waals surface area (Å²) < 4.78 is 55.3. The highest BCUT2D eigenvalue weighted by Gasteiger charge is 2.36. The van der Waals surface area contributed by atoms with Crippen LogP contribution in [0.4, 0.5) is 10.1 Å². The fourth-order valence-corrected chi connectivity index (χ4v) is 6.41. The molecule has 9 nitrogen and oxygen atoms in total. The molecule has 0 bridgehead atoms. The number of amides is 2. The minimum absolute atomic E-state index is 0.0520. The second kappa shape index (κ2) is 15.4. The molecule has 4 aromatic carbocycles. The lowest BCUT2D eigenvalue weighted by molar-refractivity contribution is -0.140. The average molecular weight is 648 g/mol. The standard InChI is InChI=1S/C35H38FN3O6S/c1-25(2)37-35(41)32(21-26-13-7-5-8-14-26)38(23-27-15-11-12-18-30(27)36)34(40)24-39(46(42,43)29-16-9-6-10-17-29)31-22-28(44-3)19-20-33(31)45-4/h5-20,22,25,32H,21,23-24H2,1-4H3,(H,37,41)/t32-/m0/s1. The average Bonchev–Trinajstić information content (AvgIpc) is 3.06. The van der Waals surface area contributed by atoms with Crippen LogP contribution in [-0.2, 0) is 32.6 Å². The molecule has 0 radical (unpaired) electrons. The van der Waals surface area contributed by atoms with Gasteiger partial charge in [0.25, 0.3) is 10.0 Å². The predicted octanol–water partition coefficient (Wildman–Crippen LogP) is 5.20. The van der Waals surface area contributed by atoms with E-state index in [1.165, 1.54) is 61.6 Å². The van der Waals surface area contributed by atoms with Gasteiger partial charge in [0.1, 0.15) is 29.9 Å². The quantitative estimate of drug-likeness (QED) is 0.202. The van der Waals surface area contributed by atoms with Gasteiger partial charge in [0.05, 0.1) is 24.8 Å². The molecule has 0 saturated heterocycles. The first-order valence-corrected chi connectivity index (χ1v) is 16.2. The molecule has 4 rings (SSSR count). The van der Waals surface area contributed by atoms with Crippen molar-refractivity contribution in [2.24, 2.45) is 0 Å². The molecule has 0 unspecified atom stereocenters. The first-order valence-electron chi connectivity index (χ1n) is 14.7. The van der Waals surface area contributed by atoms with E-state index in [-0.39, 0.29) is 40.9 Å². The van der Waals surface area contributed by atoms with Crippen molar-refractivity contribution in [2.75, 3.05) is 25.1 Å². The van der Waals surface area contributed by atoms with E-state index >= 15 is 4.39 Å². The molecule has 46 heavy (non-hydrogen) atoms. The van der Waals surface area contributed by atoms with Gasteiger partial charge in [0, 0.05) is 30.6 Å². The maximum atomic E-state index is 15.1. The Morgan fingerprint density at radius 3 is 2.09 bits per heavy atom. The Labute approximate surface area is 269 Å². The molecule has 0 aliphatic rings. The Kier molecular flexibility index (Phi) is 11.4. The zero-order valence-electron chi connectivity index (χ0n) is 26.2. The van der Waals surface area contributed by atoms with E-state index in [9.17, 15) is 18.0 Å². The third kappa shape index (κ3) is 8.22. The van der Waals surface area contributed by atoms with Gasteiger partial charge >= 0.3 is 0 Å². The van der Waals surface area contributed by atoms with Crippen LogP contribution in [-0.4, -0.2) is 58.0 Å². The molecular formula is C35H38FN3O6S. The van der Waals surface area contributed by atoms with Crippen LogP contribution in [0.25, 0.3) is 0 Å². The van der Waals surface area contributed by atoms with E-state index in [1.807, 2.05) is 30.3 Å². The molecule has 0 aliphatic heterocycles. The number of sulfonamides is 1. The number of anilines is 1. The summed E-state index contributed by atoms with van der Waals surface area (Å²) in [7, 11) is -1.55. The monoisotopic (exact) mass is 647 g/mol. The van der Waals surface area contributed by atoms with Gasteiger partial charge in [-0.1, -0.05) is 66.7 Å². The van der Waals surface area contributed by atoms with E-state index in [0.717, 1.165) is 9.87 Å². The fraction of sp³-hybridized carbons (Fsp3) is 0.257. The van der Waals surface area contributed by atoms with Crippen LogP contribution in [0.5, 0.6) is 11.5 Å². The summed E-state index contributed by atoms with van der Waals surface area (Å²) in [6.07, 6.45) is 0.105. The normalized spacial score (nSPS) is 11.9. The zero-order valence-corrected chi connectivity index (χ0v) is 27.0. The molecule has 0 saturated carbocycles. The number of methoxy groups -OCH3 is 2. The van der Waals surface area contributed by atoms with Crippen molar-refractivity contribution >= 4 is 27.5 Å². The summed E-state index contributed by atoms with van der Waals surface area (Å²) in [5, 5.41) is 2.88. The van der Waals surface area contributed by atoms with Gasteiger partial charge < -0.3 is 19.7 Å². The number of nitrogens with zero attached hydrogens (tertiary/aromatic N) is 2. The molecule has 1 N–H and O–H groups in total. The maximum Gasteiger partial charge on any atom is 0.264 e. The highest BCUT2D eigenvalue weighted by atomic mass is 32.2. The summed E-state index contributed by atoms with van der Waals surface area (Å²) in [6.45, 7) is 2.58. The molecule has 0 aliphatic carbocycles. The number of carbonyl (C=O) groups is 2. The largest absolute Gasteiger partial charge is 0.497 e. The molecule has 0 fully saturated rings. The summed E-state index contributed by atoms with van der Waals surface area (Å²) in [5.74, 6) is -1.25. The third-order valence-electron chi connectivity index (χ3n) is 7.27. The van der Waals surface area contributed by atoms with E-state index in [2.05, 4.69) is 5.32 Å². The van der Waals surface area contributed by atoms with Crippen molar-refractivity contribution in [1.29, 1.82) is 0 Å². The molecule has 2 amide bonds. The van der Waals surface area contributed by atoms with Crippen LogP contribution >= 0.6 is 0 Å². The van der Waals surface area contributed by atoms with Gasteiger partial charge in [0.15, 0.2) is 0 Å². The van der Waals surface area contributed by atoms with E-state index < -0.39 is 40.2 Å². The number of hydrogen-bond donors (Lipinski definition) is 1. The molecule has 0 heterocycles. The Hall–Kier alpha value is -4.90. The molecule has 0 aromatic heterocycles. The highest BCUT2D eigenvalue weighted by Crippen LogP contribution is 2.36. The van der Waals surface area contributed by atoms with Crippen LogP contribution in [0.15, 0.2) is 108 Å². The summed E-state index contributed by atoms with van der Waals surface area (Å²) in [6, 6.07) is 26.0. The van der Waals surface area contributed by atoms with Crippen LogP contribution in [0.1, 0.15) is 25.0 Å². The maximum absolute atomic E-state index is 15.1. The van der Waals surface area contributed by atoms with Crippen LogP contribution in [0, 0.1) is 5.82 Å². The number of halogens is 1. The minimum atomic E-state index is -4.37. The van der Waals surface area contributed by atoms with E-state index in [4.69, 9.17) is 9.47 Å². The number of rotatable bonds is 14. The highest BCUT2D eigenvalue weighted by molar-refractivity contribution is 7.92. The SMILES string of the molecule is COc1ccc(OC)c(N(CC(=O)N(Cc2ccccc2F)[C@@H](Cc2ccccc2)C(=O)NC(C)C)S(=O)(=O)c2ccccc2)c1. The predicted molar refractivity (Wildman–Crippen MR) is 175 cm³/mol. The molecule has 1 atom stereocenters. The van der Waals surface area contributed by atoms with Gasteiger partial charge in [-0.15, -0.1) is 0 Å². The van der Waals surface area contributed by atoms with Crippen molar-refractivity contribution in [1.82, 2.24) is 10.2 Å². The first-order chi connectivity index (χ1) is 22.0. The Balaban J connectivity index is 1.87. The molecule has 242 valence electrons. The number of ether oxygens (including phenoxy) is 2. The van der Waals surface area contributed by atoms with Crippen LogP contribution < -0.4 is 19.1 Å². The van der Waals surface area contributed by atoms with Crippen molar-refractivity contribution in [3.63, 3.8) is 0 Å². The summed E-state index contributed by atoms with van der Waals surface area (Å²) >= 11 is 0. The Morgan fingerprint density at radius 2 is 1.48 bits per heavy atom. The fourth-order valence-electron chi connectivity index (χ4n) is 4.97. The van der Waals surface area contributed by atoms with Crippen molar-refractivity contribution < 1.29 is 31.9 Å². The van der Waals surface area contributed by atoms with Gasteiger partial charge in [-0.3, -0.25) is 13.9 Å². The van der Waals surface area contributed by atoms with Gasteiger partial charge in [-0.2, -0.15) is 0 Å². The van der Waals surface area contributed by atoms with E-state index in [1.54, 1.807) is 44.2 Å². The van der Waals surface area contributed by atoms with Crippen LogP contribution in [0.3, 0.4) is 0 Å². The number of carbonyl (C=O) groups excluding carboxylic acids is 2. The zero-order chi connectivity index (χ0) is 33.3. The van der Waals surface area contributed by atoms with Crippen molar-refractivity contribution in [2.45, 2.75) is 43.8 Å². The first kappa shape index (κ1) is 34.0.